The molecule has 158 valence electrons. The molecular formula is C22H41BF3N. The molecule has 0 atom stereocenters. The molecule has 27 heavy (non-hydrogen) atoms. The molecule has 0 bridgehead atoms. The Kier molecular flexibility index (Phi) is 14.5. The van der Waals surface area contributed by atoms with Crippen molar-refractivity contribution in [2.75, 3.05) is 26.2 Å². The summed E-state index contributed by atoms with van der Waals surface area (Å²) in [6, 6.07) is 6.46. The maximum Gasteiger partial charge on any atom is 0.509 e. The van der Waals surface area contributed by atoms with E-state index >= 15 is 0 Å². The van der Waals surface area contributed by atoms with Crippen LogP contribution in [0.5, 0.6) is 0 Å². The Balaban J connectivity index is 0.000000569. The second-order valence-corrected chi connectivity index (χ2v) is 7.64. The average molecular weight is 387 g/mol. The fourth-order valence-electron chi connectivity index (χ4n) is 3.32. The average Bonchev–Trinajstić information content (AvgIpc) is 2.67. The molecule has 0 saturated carbocycles. The minimum absolute atomic E-state index is 0.539. The Bertz CT molecular complexity index is 411. The van der Waals surface area contributed by atoms with Crippen molar-refractivity contribution in [2.45, 2.75) is 79.1 Å². The molecule has 0 heterocycles. The molecule has 1 aromatic carbocycles. The van der Waals surface area contributed by atoms with Gasteiger partial charge in [0.15, 0.2) is 0 Å². The summed E-state index contributed by atoms with van der Waals surface area (Å²) in [7, 11) is 0. The van der Waals surface area contributed by atoms with Crippen LogP contribution < -0.4 is 5.46 Å². The van der Waals surface area contributed by atoms with Crippen LogP contribution >= 0.6 is 0 Å². The molecule has 0 saturated heterocycles. The van der Waals surface area contributed by atoms with E-state index in [4.69, 9.17) is 0 Å². The van der Waals surface area contributed by atoms with Gasteiger partial charge >= 0.3 is 6.98 Å². The summed E-state index contributed by atoms with van der Waals surface area (Å²) < 4.78 is 37.0. The van der Waals surface area contributed by atoms with Crippen LogP contribution in [0.4, 0.5) is 12.9 Å². The van der Waals surface area contributed by atoms with Crippen LogP contribution in [0.3, 0.4) is 0 Å². The molecular weight excluding hydrogens is 346 g/mol. The monoisotopic (exact) mass is 387 g/mol. The second-order valence-electron chi connectivity index (χ2n) is 7.64. The Morgan fingerprint density at radius 2 is 0.963 bits per heavy atom. The van der Waals surface area contributed by atoms with E-state index in [2.05, 4.69) is 27.7 Å². The van der Waals surface area contributed by atoms with Crippen molar-refractivity contribution in [2.24, 2.45) is 0 Å². The fourth-order valence-corrected chi connectivity index (χ4v) is 3.32. The molecule has 0 aliphatic heterocycles. The summed E-state index contributed by atoms with van der Waals surface area (Å²) in [4.78, 5) is 0. The maximum absolute atomic E-state index is 11.9. The number of hydrogen-bond acceptors (Lipinski definition) is 0. The van der Waals surface area contributed by atoms with Gasteiger partial charge in [-0.2, -0.15) is 0 Å². The minimum atomic E-state index is -4.80. The van der Waals surface area contributed by atoms with Gasteiger partial charge in [0.25, 0.3) is 0 Å². The molecule has 0 unspecified atom stereocenters. The summed E-state index contributed by atoms with van der Waals surface area (Å²) in [5.74, 6) is 0. The molecule has 1 nitrogen and oxygen atoms in total. The highest BCUT2D eigenvalue weighted by Gasteiger charge is 2.25. The lowest BCUT2D eigenvalue weighted by atomic mass is 9.80. The van der Waals surface area contributed by atoms with Crippen LogP contribution in [0.2, 0.25) is 0 Å². The third kappa shape index (κ3) is 12.2. The first kappa shape index (κ1) is 26.0. The van der Waals surface area contributed by atoms with Crippen LogP contribution in [0.25, 0.3) is 0 Å². The number of benzene rings is 1. The van der Waals surface area contributed by atoms with Crippen molar-refractivity contribution < 1.29 is 17.4 Å². The summed E-state index contributed by atoms with van der Waals surface area (Å²) in [5, 5.41) is 0. The van der Waals surface area contributed by atoms with Crippen molar-refractivity contribution in [3.63, 3.8) is 0 Å². The Labute approximate surface area is 166 Å². The van der Waals surface area contributed by atoms with E-state index in [0.29, 0.717) is 0 Å². The number of quaternary nitrogens is 1. The van der Waals surface area contributed by atoms with Crippen LogP contribution in [0, 0.1) is 0 Å². The van der Waals surface area contributed by atoms with Crippen molar-refractivity contribution in [1.29, 1.82) is 0 Å². The minimum Gasteiger partial charge on any atom is -0.445 e. The fraction of sp³-hybridized carbons (Fsp3) is 0.727. The number of halogens is 3. The van der Waals surface area contributed by atoms with E-state index in [-0.39, 0.29) is 0 Å². The predicted molar refractivity (Wildman–Crippen MR) is 115 cm³/mol. The van der Waals surface area contributed by atoms with E-state index in [1.54, 1.807) is 6.07 Å². The Hall–Kier alpha value is -0.965. The summed E-state index contributed by atoms with van der Waals surface area (Å²) in [6.45, 7) is 10.2. The Morgan fingerprint density at radius 1 is 0.630 bits per heavy atom. The third-order valence-corrected chi connectivity index (χ3v) is 5.12. The number of nitrogens with zero attached hydrogens (tertiary/aromatic N) is 1. The SMILES string of the molecule is CCCC[N+](CCCC)(CCCC)CCCC.F[B-](F)(F)c1ccccc1. The van der Waals surface area contributed by atoms with Crippen LogP contribution in [-0.2, 0) is 0 Å². The van der Waals surface area contributed by atoms with Gasteiger partial charge < -0.3 is 17.4 Å². The first-order valence-electron chi connectivity index (χ1n) is 10.9. The lowest BCUT2D eigenvalue weighted by molar-refractivity contribution is -0.929. The molecule has 0 spiro atoms. The zero-order valence-corrected chi connectivity index (χ0v) is 18.0. The van der Waals surface area contributed by atoms with Gasteiger partial charge in [-0.1, -0.05) is 83.7 Å². The highest BCUT2D eigenvalue weighted by molar-refractivity contribution is 6.73. The molecule has 1 rings (SSSR count). The van der Waals surface area contributed by atoms with Crippen LogP contribution in [0.15, 0.2) is 30.3 Å². The highest BCUT2D eigenvalue weighted by atomic mass is 19.4. The highest BCUT2D eigenvalue weighted by Crippen LogP contribution is 2.16. The quantitative estimate of drug-likeness (QED) is 0.260. The lowest BCUT2D eigenvalue weighted by Crippen LogP contribution is -2.50. The molecule has 0 radical (unpaired) electrons. The summed E-state index contributed by atoms with van der Waals surface area (Å²) in [6.07, 6.45) is 11.1. The smallest absolute Gasteiger partial charge is 0.445 e. The van der Waals surface area contributed by atoms with Crippen molar-refractivity contribution in [3.8, 4) is 0 Å². The van der Waals surface area contributed by atoms with E-state index in [1.165, 1.54) is 94.2 Å². The molecule has 0 amide bonds. The van der Waals surface area contributed by atoms with E-state index in [1.807, 2.05) is 0 Å². The molecule has 5 heteroatoms. The molecule has 1 aromatic rings. The zero-order chi connectivity index (χ0) is 20.6. The van der Waals surface area contributed by atoms with Crippen LogP contribution in [0.1, 0.15) is 79.1 Å². The van der Waals surface area contributed by atoms with Gasteiger partial charge in [-0.15, -0.1) is 5.46 Å². The van der Waals surface area contributed by atoms with Gasteiger partial charge in [0.2, 0.25) is 0 Å². The normalized spacial score (nSPS) is 11.8. The Morgan fingerprint density at radius 3 is 1.19 bits per heavy atom. The maximum atomic E-state index is 11.9. The summed E-state index contributed by atoms with van der Waals surface area (Å²) >= 11 is 0. The molecule has 0 aliphatic rings. The van der Waals surface area contributed by atoms with Gasteiger partial charge in [-0.25, -0.2) is 0 Å². The molecule has 0 fully saturated rings. The van der Waals surface area contributed by atoms with Crippen molar-refractivity contribution >= 4 is 12.4 Å². The first-order valence-corrected chi connectivity index (χ1v) is 10.9. The van der Waals surface area contributed by atoms with Crippen molar-refractivity contribution in [3.05, 3.63) is 30.3 Å². The van der Waals surface area contributed by atoms with Gasteiger partial charge in [0.1, 0.15) is 0 Å². The lowest BCUT2D eigenvalue weighted by Gasteiger charge is -2.39. The molecule has 0 aromatic heterocycles. The van der Waals surface area contributed by atoms with E-state index < -0.39 is 12.4 Å². The first-order chi connectivity index (χ1) is 12.8. The number of rotatable bonds is 13. The van der Waals surface area contributed by atoms with Crippen LogP contribution in [-0.4, -0.2) is 37.6 Å². The van der Waals surface area contributed by atoms with E-state index in [9.17, 15) is 12.9 Å². The topological polar surface area (TPSA) is 0 Å². The second kappa shape index (κ2) is 15.0. The summed E-state index contributed by atoms with van der Waals surface area (Å²) in [5.41, 5.74) is -0.539. The standard InChI is InChI=1S/C16H36N.C6H5BF3/c1-5-9-13-17(14-10-6-2,15-11-7-3)16-12-8-4;8-7(9,10)6-4-2-1-3-5-6/h5-16H2,1-4H3;1-5H/q+1;-1. The van der Waals surface area contributed by atoms with Gasteiger partial charge in [-0.05, 0) is 25.7 Å². The number of unbranched alkanes of at least 4 members (excludes halogenated alkanes) is 4. The van der Waals surface area contributed by atoms with Crippen molar-refractivity contribution in [1.82, 2.24) is 0 Å². The predicted octanol–water partition coefficient (Wildman–Crippen LogP) is 6.74. The molecule has 0 aliphatic carbocycles. The zero-order valence-electron chi connectivity index (χ0n) is 18.0. The van der Waals surface area contributed by atoms with E-state index in [0.717, 1.165) is 12.1 Å². The van der Waals surface area contributed by atoms with Gasteiger partial charge in [-0.3, -0.25) is 0 Å². The van der Waals surface area contributed by atoms with Gasteiger partial charge in [0, 0.05) is 0 Å². The number of hydrogen-bond donors (Lipinski definition) is 0. The third-order valence-electron chi connectivity index (χ3n) is 5.12. The molecule has 0 N–H and O–H groups in total. The largest absolute Gasteiger partial charge is 0.509 e. The van der Waals surface area contributed by atoms with Gasteiger partial charge in [0.05, 0.1) is 26.2 Å².